The van der Waals surface area contributed by atoms with E-state index in [1.54, 1.807) is 0 Å². The minimum atomic E-state index is -1.28. The van der Waals surface area contributed by atoms with Crippen molar-refractivity contribution in [3.8, 4) is 0 Å². The van der Waals surface area contributed by atoms with Gasteiger partial charge in [0, 0.05) is 13.2 Å². The number of carboxylic acid groups (broad SMARTS) is 1. The Morgan fingerprint density at radius 2 is 2.17 bits per heavy atom. The van der Waals surface area contributed by atoms with Gasteiger partial charge in [0.1, 0.15) is 12.3 Å². The van der Waals surface area contributed by atoms with Gasteiger partial charge in [-0.2, -0.15) is 0 Å². The lowest BCUT2D eigenvalue weighted by atomic mass is 10.1. The number of ether oxygens (including phenoxy) is 1. The smallest absolute Gasteiger partial charge is 0.335 e. The molecule has 1 aromatic carbocycles. The van der Waals surface area contributed by atoms with Gasteiger partial charge in [-0.3, -0.25) is 14.9 Å². The van der Waals surface area contributed by atoms with Crippen LogP contribution < -0.4 is 5.32 Å². The summed E-state index contributed by atoms with van der Waals surface area (Å²) in [6.45, 7) is -0.252. The Morgan fingerprint density at radius 3 is 2.67 bits per heavy atom. The van der Waals surface area contributed by atoms with Gasteiger partial charge in [-0.25, -0.2) is 4.79 Å². The second-order valence-electron chi connectivity index (χ2n) is 3.28. The van der Waals surface area contributed by atoms with E-state index in [1.165, 1.54) is 7.11 Å². The minimum absolute atomic E-state index is 0.0768. The number of benzene rings is 1. The first-order valence-corrected chi connectivity index (χ1v) is 4.76. The fraction of sp³-hybridized carbons (Fsp3) is 0.200. The molecule has 8 nitrogen and oxygen atoms in total. The molecule has 0 aliphatic heterocycles. The van der Waals surface area contributed by atoms with Gasteiger partial charge in [0.25, 0.3) is 11.6 Å². The molecule has 0 unspecified atom stereocenters. The third-order valence-corrected chi connectivity index (χ3v) is 1.99. The Labute approximate surface area is 101 Å². The van der Waals surface area contributed by atoms with Crippen molar-refractivity contribution in [3.05, 3.63) is 33.9 Å². The molecule has 0 aromatic heterocycles. The monoisotopic (exact) mass is 254 g/mol. The third-order valence-electron chi connectivity index (χ3n) is 1.99. The zero-order valence-electron chi connectivity index (χ0n) is 9.37. The summed E-state index contributed by atoms with van der Waals surface area (Å²) in [6.07, 6.45) is 0. The van der Waals surface area contributed by atoms with Crippen LogP contribution in [-0.2, 0) is 9.53 Å². The van der Waals surface area contributed by atoms with E-state index in [2.05, 4.69) is 10.1 Å². The van der Waals surface area contributed by atoms with Crippen LogP contribution in [0.15, 0.2) is 18.2 Å². The number of amides is 1. The maximum absolute atomic E-state index is 11.2. The van der Waals surface area contributed by atoms with Crippen LogP contribution >= 0.6 is 0 Å². The van der Waals surface area contributed by atoms with E-state index >= 15 is 0 Å². The number of carbonyl (C=O) groups excluding carboxylic acids is 1. The number of anilines is 1. The molecule has 0 bridgehead atoms. The lowest BCUT2D eigenvalue weighted by molar-refractivity contribution is -0.384. The van der Waals surface area contributed by atoms with Crippen molar-refractivity contribution in [2.45, 2.75) is 0 Å². The number of nitrogens with one attached hydrogen (secondary N) is 1. The quantitative estimate of drug-likeness (QED) is 0.594. The molecule has 96 valence electrons. The molecule has 0 aliphatic rings. The van der Waals surface area contributed by atoms with Gasteiger partial charge < -0.3 is 15.2 Å². The average Bonchev–Trinajstić information content (AvgIpc) is 2.29. The summed E-state index contributed by atoms with van der Waals surface area (Å²) >= 11 is 0. The van der Waals surface area contributed by atoms with Crippen molar-refractivity contribution >= 4 is 23.3 Å². The van der Waals surface area contributed by atoms with Crippen LogP contribution in [0.3, 0.4) is 0 Å². The van der Waals surface area contributed by atoms with E-state index in [1.807, 2.05) is 0 Å². The van der Waals surface area contributed by atoms with E-state index in [0.717, 1.165) is 18.2 Å². The van der Waals surface area contributed by atoms with Crippen LogP contribution in [0.1, 0.15) is 10.4 Å². The SMILES string of the molecule is COCC(=O)Nc1ccc(C(=O)O)cc1[N+](=O)[O-]. The number of nitro groups is 1. The first-order chi connectivity index (χ1) is 8.45. The van der Waals surface area contributed by atoms with Crippen molar-refractivity contribution in [3.63, 3.8) is 0 Å². The Balaban J connectivity index is 3.08. The zero-order chi connectivity index (χ0) is 13.7. The van der Waals surface area contributed by atoms with Gasteiger partial charge in [0.05, 0.1) is 10.5 Å². The highest BCUT2D eigenvalue weighted by atomic mass is 16.6. The zero-order valence-corrected chi connectivity index (χ0v) is 9.37. The number of hydrogen-bond acceptors (Lipinski definition) is 5. The number of carbonyl (C=O) groups is 2. The molecule has 0 aliphatic carbocycles. The highest BCUT2D eigenvalue weighted by molar-refractivity contribution is 5.96. The molecule has 1 amide bonds. The topological polar surface area (TPSA) is 119 Å². The summed E-state index contributed by atoms with van der Waals surface area (Å²) in [6, 6.07) is 3.21. The Kier molecular flexibility index (Phi) is 4.33. The second kappa shape index (κ2) is 5.73. The van der Waals surface area contributed by atoms with Gasteiger partial charge in [-0.1, -0.05) is 0 Å². The number of nitro benzene ring substituents is 1. The lowest BCUT2D eigenvalue weighted by Gasteiger charge is -2.05. The molecule has 0 radical (unpaired) electrons. The van der Waals surface area contributed by atoms with Gasteiger partial charge in [0.15, 0.2) is 0 Å². The normalized spacial score (nSPS) is 9.83. The summed E-state index contributed by atoms with van der Waals surface area (Å²) < 4.78 is 4.56. The summed E-state index contributed by atoms with van der Waals surface area (Å²) in [5, 5.41) is 21.7. The highest BCUT2D eigenvalue weighted by Crippen LogP contribution is 2.25. The van der Waals surface area contributed by atoms with Crippen LogP contribution in [0.5, 0.6) is 0 Å². The third kappa shape index (κ3) is 3.25. The van der Waals surface area contributed by atoms with Crippen LogP contribution in [0.25, 0.3) is 0 Å². The first-order valence-electron chi connectivity index (χ1n) is 4.76. The van der Waals surface area contributed by atoms with E-state index in [4.69, 9.17) is 5.11 Å². The van der Waals surface area contributed by atoms with Crippen LogP contribution in [0.4, 0.5) is 11.4 Å². The standard InChI is InChI=1S/C10H10N2O6/c1-18-5-9(13)11-7-3-2-6(10(14)15)4-8(7)12(16)17/h2-4H,5H2,1H3,(H,11,13)(H,14,15). The molecule has 0 saturated heterocycles. The molecule has 1 rings (SSSR count). The number of carboxylic acids is 1. The van der Waals surface area contributed by atoms with E-state index < -0.39 is 22.5 Å². The predicted octanol–water partition coefficient (Wildman–Crippen LogP) is 0.878. The second-order valence-corrected chi connectivity index (χ2v) is 3.28. The Bertz CT molecular complexity index is 499. The van der Waals surface area contributed by atoms with Crippen molar-refractivity contribution < 1.29 is 24.4 Å². The molecule has 0 atom stereocenters. The number of aromatic carboxylic acids is 1. The van der Waals surface area contributed by atoms with E-state index in [9.17, 15) is 19.7 Å². The van der Waals surface area contributed by atoms with E-state index in [-0.39, 0.29) is 17.9 Å². The summed E-state index contributed by atoms with van der Waals surface area (Å²) in [7, 11) is 1.31. The average molecular weight is 254 g/mol. The summed E-state index contributed by atoms with van der Waals surface area (Å²) in [5.74, 6) is -1.85. The number of methoxy groups -OCH3 is 1. The summed E-state index contributed by atoms with van der Waals surface area (Å²) in [5.41, 5.74) is -0.794. The number of nitrogens with zero attached hydrogens (tertiary/aromatic N) is 1. The van der Waals surface area contributed by atoms with Crippen molar-refractivity contribution in [1.82, 2.24) is 0 Å². The number of hydrogen-bond donors (Lipinski definition) is 2. The molecule has 0 fully saturated rings. The van der Waals surface area contributed by atoms with Gasteiger partial charge in [-0.05, 0) is 12.1 Å². The summed E-state index contributed by atoms with van der Waals surface area (Å²) in [4.78, 5) is 31.9. The van der Waals surface area contributed by atoms with E-state index in [0.29, 0.717) is 0 Å². The molecule has 0 heterocycles. The molecule has 1 aromatic rings. The Hall–Kier alpha value is -2.48. The molecular formula is C10H10N2O6. The van der Waals surface area contributed by atoms with Gasteiger partial charge in [0.2, 0.25) is 0 Å². The van der Waals surface area contributed by atoms with Crippen LogP contribution in [-0.4, -0.2) is 35.6 Å². The van der Waals surface area contributed by atoms with Crippen molar-refractivity contribution in [2.24, 2.45) is 0 Å². The lowest BCUT2D eigenvalue weighted by Crippen LogP contribution is -2.18. The molecule has 2 N–H and O–H groups in total. The predicted molar refractivity (Wildman–Crippen MR) is 60.6 cm³/mol. The van der Waals surface area contributed by atoms with Crippen LogP contribution in [0, 0.1) is 10.1 Å². The number of rotatable bonds is 5. The Morgan fingerprint density at radius 1 is 1.50 bits per heavy atom. The fourth-order valence-corrected chi connectivity index (χ4v) is 1.24. The molecule has 18 heavy (non-hydrogen) atoms. The first kappa shape index (κ1) is 13.6. The van der Waals surface area contributed by atoms with Gasteiger partial charge >= 0.3 is 5.97 Å². The van der Waals surface area contributed by atoms with Crippen molar-refractivity contribution in [1.29, 1.82) is 0 Å². The largest absolute Gasteiger partial charge is 0.478 e. The van der Waals surface area contributed by atoms with Crippen LogP contribution in [0.2, 0.25) is 0 Å². The molecule has 8 heteroatoms. The highest BCUT2D eigenvalue weighted by Gasteiger charge is 2.18. The molecule has 0 saturated carbocycles. The molecule has 0 spiro atoms. The maximum atomic E-state index is 11.2. The van der Waals surface area contributed by atoms with Crippen molar-refractivity contribution in [2.75, 3.05) is 19.0 Å². The fourth-order valence-electron chi connectivity index (χ4n) is 1.24. The minimum Gasteiger partial charge on any atom is -0.478 e. The van der Waals surface area contributed by atoms with Gasteiger partial charge in [-0.15, -0.1) is 0 Å². The molecular weight excluding hydrogens is 244 g/mol. The maximum Gasteiger partial charge on any atom is 0.335 e.